The predicted octanol–water partition coefficient (Wildman–Crippen LogP) is 0.635. The first-order valence-electron chi connectivity index (χ1n) is 11.5. The molecular weight excluding hydrogens is 406 g/mol. The third-order valence-corrected chi connectivity index (χ3v) is 6.97. The summed E-state index contributed by atoms with van der Waals surface area (Å²) in [6.07, 6.45) is 5.01. The highest BCUT2D eigenvalue weighted by molar-refractivity contribution is 5.88. The van der Waals surface area contributed by atoms with Crippen LogP contribution in [0.15, 0.2) is 41.3 Å². The number of nitrogens with zero attached hydrogens (tertiary/aromatic N) is 4. The van der Waals surface area contributed by atoms with Gasteiger partial charge in [-0.3, -0.25) is 9.88 Å². The van der Waals surface area contributed by atoms with Crippen molar-refractivity contribution in [3.8, 4) is 5.69 Å². The highest BCUT2D eigenvalue weighted by Gasteiger charge is 2.53. The van der Waals surface area contributed by atoms with Crippen LogP contribution in [0.2, 0.25) is 0 Å². The molecule has 0 bridgehead atoms. The largest absolute Gasteiger partial charge is 0.354 e. The van der Waals surface area contributed by atoms with E-state index in [1.165, 1.54) is 23.0 Å². The van der Waals surface area contributed by atoms with Gasteiger partial charge in [-0.1, -0.05) is 12.1 Å². The summed E-state index contributed by atoms with van der Waals surface area (Å²) < 4.78 is 1.49. The van der Waals surface area contributed by atoms with Crippen LogP contribution in [-0.2, 0) is 6.42 Å². The van der Waals surface area contributed by atoms with E-state index in [4.69, 9.17) is 5.73 Å². The van der Waals surface area contributed by atoms with Gasteiger partial charge in [0, 0.05) is 51.0 Å². The summed E-state index contributed by atoms with van der Waals surface area (Å²) in [4.78, 5) is 33.1. The molecule has 1 aliphatic carbocycles. The Morgan fingerprint density at radius 2 is 1.97 bits per heavy atom. The average Bonchev–Trinajstić information content (AvgIpc) is 3.49. The van der Waals surface area contributed by atoms with Crippen LogP contribution in [0.1, 0.15) is 18.4 Å². The zero-order valence-corrected chi connectivity index (χ0v) is 18.3. The van der Waals surface area contributed by atoms with Crippen LogP contribution < -0.4 is 22.1 Å². The quantitative estimate of drug-likeness (QED) is 0.633. The van der Waals surface area contributed by atoms with E-state index >= 15 is 0 Å². The molecule has 1 saturated carbocycles. The first-order chi connectivity index (χ1) is 15.5. The number of nitrogens with two attached hydrogens (primary N) is 1. The fourth-order valence-electron chi connectivity index (χ4n) is 4.84. The molecular formula is C23H31N7O2. The van der Waals surface area contributed by atoms with E-state index in [0.717, 1.165) is 50.7 Å². The molecule has 3 aliphatic rings. The van der Waals surface area contributed by atoms with Gasteiger partial charge in [0.05, 0.1) is 5.69 Å². The molecule has 9 nitrogen and oxygen atoms in total. The first-order valence-corrected chi connectivity index (χ1v) is 11.5. The lowest BCUT2D eigenvalue weighted by Gasteiger charge is -2.30. The Kier molecular flexibility index (Phi) is 5.71. The molecule has 4 N–H and O–H groups in total. The minimum absolute atomic E-state index is 0.0763. The Morgan fingerprint density at radius 3 is 2.69 bits per heavy atom. The number of nitrogens with one attached hydrogen (secondary N) is 2. The molecule has 2 aliphatic heterocycles. The van der Waals surface area contributed by atoms with Crippen molar-refractivity contribution in [1.29, 1.82) is 0 Å². The van der Waals surface area contributed by atoms with Gasteiger partial charge in [0.25, 0.3) is 0 Å². The zero-order chi connectivity index (χ0) is 22.1. The molecule has 2 atom stereocenters. The Morgan fingerprint density at radius 1 is 1.19 bits per heavy atom. The maximum atomic E-state index is 12.5. The topological polar surface area (TPSA) is 109 Å². The third-order valence-electron chi connectivity index (χ3n) is 6.97. The number of hydrogen-bond donors (Lipinski definition) is 3. The number of piperidine rings is 1. The second-order valence-electron chi connectivity index (χ2n) is 9.25. The fraction of sp³-hybridized carbons (Fsp3) is 0.522. The highest BCUT2D eigenvalue weighted by Crippen LogP contribution is 2.46. The zero-order valence-electron chi connectivity index (χ0n) is 18.3. The lowest BCUT2D eigenvalue weighted by molar-refractivity contribution is 0.204. The van der Waals surface area contributed by atoms with E-state index in [2.05, 4.69) is 32.7 Å². The van der Waals surface area contributed by atoms with Gasteiger partial charge in [0.2, 0.25) is 0 Å². The van der Waals surface area contributed by atoms with Gasteiger partial charge in [-0.15, -0.1) is 0 Å². The molecule has 9 heteroatoms. The smallest absolute Gasteiger partial charge is 0.324 e. The van der Waals surface area contributed by atoms with Crippen molar-refractivity contribution in [1.82, 2.24) is 24.7 Å². The van der Waals surface area contributed by atoms with Crippen molar-refractivity contribution >= 4 is 11.8 Å². The van der Waals surface area contributed by atoms with Crippen LogP contribution in [0.3, 0.4) is 0 Å². The van der Waals surface area contributed by atoms with E-state index < -0.39 is 5.69 Å². The van der Waals surface area contributed by atoms with E-state index in [1.54, 1.807) is 17.2 Å². The van der Waals surface area contributed by atoms with Gasteiger partial charge in [-0.05, 0) is 55.5 Å². The van der Waals surface area contributed by atoms with Gasteiger partial charge in [0.15, 0.2) is 0 Å². The number of carbonyl (C=O) groups excluding carboxylic acids is 1. The summed E-state index contributed by atoms with van der Waals surface area (Å²) in [5.74, 6) is 1.01. The monoisotopic (exact) mass is 437 g/mol. The maximum Gasteiger partial charge on any atom is 0.354 e. The molecule has 2 aromatic rings. The number of fused-ring (bicyclic) bond motifs is 1. The second kappa shape index (κ2) is 8.65. The third kappa shape index (κ3) is 4.55. The number of amides is 2. The van der Waals surface area contributed by atoms with Crippen LogP contribution >= 0.6 is 0 Å². The van der Waals surface area contributed by atoms with Gasteiger partial charge >= 0.3 is 11.7 Å². The van der Waals surface area contributed by atoms with Crippen molar-refractivity contribution < 1.29 is 4.79 Å². The Hall–Kier alpha value is -2.75. The fourth-order valence-corrected chi connectivity index (χ4v) is 4.84. The molecule has 32 heavy (non-hydrogen) atoms. The molecule has 3 heterocycles. The number of aromatic nitrogens is 2. The minimum atomic E-state index is -0.420. The van der Waals surface area contributed by atoms with Crippen molar-refractivity contribution in [3.63, 3.8) is 0 Å². The molecule has 170 valence electrons. The normalized spacial score (nSPS) is 25.3. The molecule has 0 spiro atoms. The molecule has 2 saturated heterocycles. The van der Waals surface area contributed by atoms with Crippen molar-refractivity contribution in [2.75, 3.05) is 51.1 Å². The van der Waals surface area contributed by atoms with E-state index in [9.17, 15) is 9.59 Å². The number of benzene rings is 1. The van der Waals surface area contributed by atoms with E-state index in [0.29, 0.717) is 13.1 Å². The SMILES string of the molecule is NC12CC1CCN(CCc1ccc(-n3ccc(NC(=O)N4CCNCC4)nc3=O)cc1)C2. The van der Waals surface area contributed by atoms with Crippen molar-refractivity contribution in [3.05, 3.63) is 52.6 Å². The number of likely N-dealkylation sites (tertiary alicyclic amines) is 1. The molecule has 1 aromatic carbocycles. The number of carbonyl (C=O) groups is 1. The number of piperazine rings is 1. The van der Waals surface area contributed by atoms with Gasteiger partial charge in [-0.2, -0.15) is 4.98 Å². The van der Waals surface area contributed by atoms with Crippen LogP contribution in [-0.4, -0.2) is 76.7 Å². The Labute approximate surface area is 187 Å². The van der Waals surface area contributed by atoms with E-state index in [1.807, 2.05) is 12.1 Å². The van der Waals surface area contributed by atoms with Crippen LogP contribution in [0, 0.1) is 5.92 Å². The minimum Gasteiger partial charge on any atom is -0.324 e. The average molecular weight is 438 g/mol. The second-order valence-corrected chi connectivity index (χ2v) is 9.25. The lowest BCUT2D eigenvalue weighted by atomic mass is 10.1. The standard InChI is InChI=1S/C23H31N7O2/c24-23-15-18(23)6-11-28(16-23)10-5-17-1-3-19(4-2-17)30-12-7-20(27-22(30)32)26-21(31)29-13-8-25-9-14-29/h1-4,7,12,18,25H,5-6,8-11,13-16,24H2,(H,26,27,31,32). The molecule has 0 radical (unpaired) electrons. The van der Waals surface area contributed by atoms with Gasteiger partial charge < -0.3 is 20.9 Å². The van der Waals surface area contributed by atoms with Crippen LogP contribution in [0.25, 0.3) is 5.69 Å². The summed E-state index contributed by atoms with van der Waals surface area (Å²) in [7, 11) is 0. The Balaban J connectivity index is 1.18. The number of hydrogen-bond acceptors (Lipinski definition) is 6. The first kappa shape index (κ1) is 21.1. The summed E-state index contributed by atoms with van der Waals surface area (Å²) in [5, 5.41) is 5.92. The molecule has 1 aromatic heterocycles. The lowest BCUT2D eigenvalue weighted by Crippen LogP contribution is -2.48. The number of anilines is 1. The summed E-state index contributed by atoms with van der Waals surface area (Å²) in [5.41, 5.74) is 8.02. The van der Waals surface area contributed by atoms with Gasteiger partial charge in [-0.25, -0.2) is 9.59 Å². The van der Waals surface area contributed by atoms with Crippen molar-refractivity contribution in [2.45, 2.75) is 24.8 Å². The molecule has 3 fully saturated rings. The molecule has 2 amide bonds. The maximum absolute atomic E-state index is 12.5. The number of urea groups is 1. The molecule has 2 unspecified atom stereocenters. The highest BCUT2D eigenvalue weighted by atomic mass is 16.2. The van der Waals surface area contributed by atoms with Gasteiger partial charge in [0.1, 0.15) is 5.82 Å². The van der Waals surface area contributed by atoms with Crippen molar-refractivity contribution in [2.24, 2.45) is 11.7 Å². The molecule has 5 rings (SSSR count). The van der Waals surface area contributed by atoms with Crippen LogP contribution in [0.4, 0.5) is 10.6 Å². The van der Waals surface area contributed by atoms with Crippen LogP contribution in [0.5, 0.6) is 0 Å². The Bertz CT molecular complexity index is 1030. The summed E-state index contributed by atoms with van der Waals surface area (Å²) >= 11 is 0. The predicted molar refractivity (Wildman–Crippen MR) is 123 cm³/mol. The summed E-state index contributed by atoms with van der Waals surface area (Å²) in [6, 6.07) is 9.42. The number of rotatable bonds is 5. The summed E-state index contributed by atoms with van der Waals surface area (Å²) in [6.45, 7) is 5.97. The van der Waals surface area contributed by atoms with E-state index in [-0.39, 0.29) is 17.4 Å².